The van der Waals surface area contributed by atoms with E-state index in [4.69, 9.17) is 5.73 Å². The van der Waals surface area contributed by atoms with E-state index in [0.29, 0.717) is 22.3 Å². The van der Waals surface area contributed by atoms with Crippen LogP contribution in [0, 0.1) is 0 Å². The minimum Gasteiger partial charge on any atom is -0.368 e. The summed E-state index contributed by atoms with van der Waals surface area (Å²) in [5, 5.41) is -0.658. The van der Waals surface area contributed by atoms with Gasteiger partial charge < -0.3 is 10.6 Å². The summed E-state index contributed by atoms with van der Waals surface area (Å²) in [7, 11) is -2.04. The first kappa shape index (κ1) is 17.9. The van der Waals surface area contributed by atoms with Crippen LogP contribution in [-0.4, -0.2) is 35.6 Å². The number of nitrogens with two attached hydrogens (primary N) is 1. The topological polar surface area (TPSA) is 98.3 Å². The zero-order valence-electron chi connectivity index (χ0n) is 14.7. The highest BCUT2D eigenvalue weighted by Crippen LogP contribution is 2.27. The predicted molar refractivity (Wildman–Crippen MR) is 103 cm³/mol. The zero-order valence-corrected chi connectivity index (χ0v) is 15.6. The Balaban J connectivity index is 2.11. The van der Waals surface area contributed by atoms with Crippen LogP contribution in [0.1, 0.15) is 24.2 Å². The molecule has 0 aliphatic rings. The van der Waals surface area contributed by atoms with Crippen molar-refractivity contribution in [2.24, 2.45) is 0 Å². The summed E-state index contributed by atoms with van der Waals surface area (Å²) in [6.45, 7) is 3.16. The first-order chi connectivity index (χ1) is 12.2. The average molecular weight is 372 g/mol. The Morgan fingerprint density at radius 1 is 1.15 bits per heavy atom. The number of aromatic nitrogens is 2. The fourth-order valence-corrected chi connectivity index (χ4v) is 3.78. The minimum atomic E-state index is -3.68. The standard InChI is InChI=1S/C18H20N4O3S/c1-12(2)26(24,25)22-16-11-14(9-10-15(16)20-18(22)19)21(3)17(23)13-7-5-4-6-8-13/h4-12H,1-3H3,(H2,19,20). The van der Waals surface area contributed by atoms with Gasteiger partial charge in [0.15, 0.2) is 0 Å². The monoisotopic (exact) mass is 372 g/mol. The van der Waals surface area contributed by atoms with Gasteiger partial charge in [-0.3, -0.25) is 4.79 Å². The average Bonchev–Trinajstić information content (AvgIpc) is 2.96. The van der Waals surface area contributed by atoms with Crippen LogP contribution in [0.15, 0.2) is 48.5 Å². The molecule has 8 heteroatoms. The van der Waals surface area contributed by atoms with E-state index in [1.165, 1.54) is 4.90 Å². The molecule has 0 saturated carbocycles. The van der Waals surface area contributed by atoms with Crippen molar-refractivity contribution in [3.8, 4) is 0 Å². The maximum absolute atomic E-state index is 12.6. The van der Waals surface area contributed by atoms with Gasteiger partial charge in [-0.15, -0.1) is 0 Å². The van der Waals surface area contributed by atoms with Gasteiger partial charge in [-0.2, -0.15) is 0 Å². The summed E-state index contributed by atoms with van der Waals surface area (Å²) in [5.41, 5.74) is 7.74. The summed E-state index contributed by atoms with van der Waals surface area (Å²) >= 11 is 0. The molecule has 0 unspecified atom stereocenters. The van der Waals surface area contributed by atoms with Crippen LogP contribution in [0.4, 0.5) is 11.6 Å². The lowest BCUT2D eigenvalue weighted by atomic mass is 10.2. The predicted octanol–water partition coefficient (Wildman–Crippen LogP) is 2.48. The third kappa shape index (κ3) is 2.92. The van der Waals surface area contributed by atoms with Crippen molar-refractivity contribution in [3.05, 3.63) is 54.1 Å². The number of hydrogen-bond acceptors (Lipinski definition) is 5. The maximum Gasteiger partial charge on any atom is 0.258 e. The molecular formula is C18H20N4O3S. The van der Waals surface area contributed by atoms with Crippen molar-refractivity contribution in [2.75, 3.05) is 17.7 Å². The third-order valence-corrected chi connectivity index (χ3v) is 6.27. The fourth-order valence-electron chi connectivity index (χ4n) is 2.64. The lowest BCUT2D eigenvalue weighted by Gasteiger charge is -2.18. The van der Waals surface area contributed by atoms with E-state index in [-0.39, 0.29) is 11.9 Å². The summed E-state index contributed by atoms with van der Waals surface area (Å²) < 4.78 is 26.3. The molecule has 7 nitrogen and oxygen atoms in total. The third-order valence-electron chi connectivity index (χ3n) is 4.18. The number of fused-ring (bicyclic) bond motifs is 1. The molecule has 1 heterocycles. The van der Waals surface area contributed by atoms with Crippen LogP contribution in [0.2, 0.25) is 0 Å². The molecule has 0 aliphatic carbocycles. The molecule has 1 amide bonds. The molecule has 2 aromatic carbocycles. The number of carbonyl (C=O) groups is 1. The largest absolute Gasteiger partial charge is 0.368 e. The quantitative estimate of drug-likeness (QED) is 0.759. The van der Waals surface area contributed by atoms with Crippen molar-refractivity contribution in [1.82, 2.24) is 8.96 Å². The number of nitrogen functional groups attached to an aromatic ring is 1. The van der Waals surface area contributed by atoms with Gasteiger partial charge in [0.2, 0.25) is 16.0 Å². The molecule has 26 heavy (non-hydrogen) atoms. The number of amides is 1. The molecule has 0 fully saturated rings. The Hall–Kier alpha value is -2.87. The van der Waals surface area contributed by atoms with Crippen LogP contribution in [0.5, 0.6) is 0 Å². The zero-order chi connectivity index (χ0) is 19.1. The Bertz CT molecular complexity index is 1070. The summed E-state index contributed by atoms with van der Waals surface area (Å²) in [4.78, 5) is 18.2. The summed E-state index contributed by atoms with van der Waals surface area (Å²) in [6, 6.07) is 13.8. The molecule has 0 aliphatic heterocycles. The second-order valence-electron chi connectivity index (χ2n) is 6.23. The Labute approximate surface area is 152 Å². The number of anilines is 2. The Kier molecular flexibility index (Phi) is 4.45. The fraction of sp³-hybridized carbons (Fsp3) is 0.222. The van der Waals surface area contributed by atoms with Crippen LogP contribution >= 0.6 is 0 Å². The number of rotatable bonds is 4. The summed E-state index contributed by atoms with van der Waals surface area (Å²) in [6.07, 6.45) is 0. The van der Waals surface area contributed by atoms with E-state index in [1.54, 1.807) is 63.4 Å². The molecule has 136 valence electrons. The molecule has 1 aromatic heterocycles. The number of carbonyl (C=O) groups excluding carboxylic acids is 1. The molecule has 0 radical (unpaired) electrons. The van der Waals surface area contributed by atoms with Gasteiger partial charge in [-0.25, -0.2) is 17.4 Å². The highest BCUT2D eigenvalue weighted by Gasteiger charge is 2.25. The number of nitrogens with zero attached hydrogens (tertiary/aromatic N) is 3. The summed E-state index contributed by atoms with van der Waals surface area (Å²) in [5.74, 6) is -0.293. The van der Waals surface area contributed by atoms with Gasteiger partial charge in [-0.05, 0) is 44.2 Å². The van der Waals surface area contributed by atoms with Gasteiger partial charge >= 0.3 is 0 Å². The lowest BCUT2D eigenvalue weighted by Crippen LogP contribution is -2.26. The first-order valence-electron chi connectivity index (χ1n) is 8.09. The normalized spacial score (nSPS) is 11.8. The Morgan fingerprint density at radius 2 is 1.81 bits per heavy atom. The van der Waals surface area contributed by atoms with E-state index in [1.807, 2.05) is 6.07 Å². The van der Waals surface area contributed by atoms with E-state index >= 15 is 0 Å². The van der Waals surface area contributed by atoms with Gasteiger partial charge in [-0.1, -0.05) is 18.2 Å². The van der Waals surface area contributed by atoms with E-state index < -0.39 is 15.3 Å². The van der Waals surface area contributed by atoms with Crippen molar-refractivity contribution in [1.29, 1.82) is 0 Å². The van der Waals surface area contributed by atoms with Gasteiger partial charge in [0, 0.05) is 18.3 Å². The van der Waals surface area contributed by atoms with Crippen molar-refractivity contribution in [3.63, 3.8) is 0 Å². The molecule has 2 N–H and O–H groups in total. The Morgan fingerprint density at radius 3 is 2.42 bits per heavy atom. The van der Waals surface area contributed by atoms with Crippen LogP contribution in [0.25, 0.3) is 11.0 Å². The van der Waals surface area contributed by atoms with Crippen LogP contribution in [0.3, 0.4) is 0 Å². The van der Waals surface area contributed by atoms with Crippen LogP contribution < -0.4 is 10.6 Å². The second-order valence-corrected chi connectivity index (χ2v) is 8.57. The highest BCUT2D eigenvalue weighted by atomic mass is 32.2. The molecule has 0 atom stereocenters. The first-order valence-corrected chi connectivity index (χ1v) is 9.59. The lowest BCUT2D eigenvalue weighted by molar-refractivity contribution is 0.0993. The van der Waals surface area contributed by atoms with Crippen molar-refractivity contribution in [2.45, 2.75) is 19.1 Å². The molecular weight excluding hydrogens is 352 g/mol. The number of benzene rings is 2. The van der Waals surface area contributed by atoms with Crippen molar-refractivity contribution >= 4 is 38.6 Å². The molecule has 0 bridgehead atoms. The molecule has 0 spiro atoms. The maximum atomic E-state index is 12.6. The van der Waals surface area contributed by atoms with E-state index in [0.717, 1.165) is 3.97 Å². The highest BCUT2D eigenvalue weighted by molar-refractivity contribution is 7.90. The number of hydrogen-bond donors (Lipinski definition) is 1. The molecule has 0 saturated heterocycles. The minimum absolute atomic E-state index is 0.0945. The van der Waals surface area contributed by atoms with Gasteiger partial charge in [0.25, 0.3) is 5.91 Å². The van der Waals surface area contributed by atoms with E-state index in [2.05, 4.69) is 4.98 Å². The smallest absolute Gasteiger partial charge is 0.258 e. The van der Waals surface area contributed by atoms with E-state index in [9.17, 15) is 13.2 Å². The second kappa shape index (κ2) is 6.45. The van der Waals surface area contributed by atoms with Crippen LogP contribution in [-0.2, 0) is 10.0 Å². The van der Waals surface area contributed by atoms with Gasteiger partial charge in [0.1, 0.15) is 0 Å². The van der Waals surface area contributed by atoms with Crippen molar-refractivity contribution < 1.29 is 13.2 Å². The number of imidazole rings is 1. The molecule has 3 rings (SSSR count). The van der Waals surface area contributed by atoms with Gasteiger partial charge in [0.05, 0.1) is 16.3 Å². The SMILES string of the molecule is CC(C)S(=O)(=O)n1c(N)nc2ccc(N(C)C(=O)c3ccccc3)cc21. The molecule has 3 aromatic rings.